The van der Waals surface area contributed by atoms with Gasteiger partial charge in [0.25, 0.3) is 0 Å². The van der Waals surface area contributed by atoms with Gasteiger partial charge in [0, 0.05) is 7.05 Å². The normalized spacial score (nSPS) is 10.8. The number of allylic oxidation sites excluding steroid dienone is 2. The van der Waals surface area contributed by atoms with E-state index in [4.69, 9.17) is 4.74 Å². The van der Waals surface area contributed by atoms with Crippen LogP contribution < -0.4 is 10.1 Å². The molecule has 1 rings (SSSR count). The first-order valence-electron chi connectivity index (χ1n) is 6.53. The summed E-state index contributed by atoms with van der Waals surface area (Å²) in [7, 11) is 1.70. The molecular formula is C15H22FNO. The third-order valence-electron chi connectivity index (χ3n) is 2.63. The largest absolute Gasteiger partial charge is 0.490 e. The van der Waals surface area contributed by atoms with Gasteiger partial charge in [-0.15, -0.1) is 0 Å². The maximum atomic E-state index is 13.7. The van der Waals surface area contributed by atoms with E-state index in [0.29, 0.717) is 18.0 Å². The molecule has 1 N–H and O–H groups in total. The molecule has 0 aliphatic carbocycles. The summed E-state index contributed by atoms with van der Waals surface area (Å²) in [6.45, 7) is 2.70. The van der Waals surface area contributed by atoms with Gasteiger partial charge in [-0.25, -0.2) is 4.39 Å². The molecule has 0 radical (unpaired) electrons. The van der Waals surface area contributed by atoms with Crippen LogP contribution in [0.15, 0.2) is 30.4 Å². The molecule has 0 spiro atoms. The van der Waals surface area contributed by atoms with Crippen LogP contribution in [0.3, 0.4) is 0 Å². The molecule has 3 heteroatoms. The van der Waals surface area contributed by atoms with Crippen molar-refractivity contribution in [3.05, 3.63) is 36.2 Å². The molecular weight excluding hydrogens is 229 g/mol. The van der Waals surface area contributed by atoms with Gasteiger partial charge in [0.15, 0.2) is 11.6 Å². The molecule has 0 aliphatic heterocycles. The fourth-order valence-electron chi connectivity index (χ4n) is 1.60. The van der Waals surface area contributed by atoms with Crippen LogP contribution in [0.4, 0.5) is 10.1 Å². The number of hydrogen-bond acceptors (Lipinski definition) is 2. The van der Waals surface area contributed by atoms with Crippen molar-refractivity contribution in [3.63, 3.8) is 0 Å². The Bertz CT molecular complexity index is 377. The Hall–Kier alpha value is -1.51. The second kappa shape index (κ2) is 8.56. The van der Waals surface area contributed by atoms with Gasteiger partial charge in [0.1, 0.15) is 0 Å². The quantitative estimate of drug-likeness (QED) is 0.546. The van der Waals surface area contributed by atoms with Crippen molar-refractivity contribution in [1.82, 2.24) is 0 Å². The fourth-order valence-corrected chi connectivity index (χ4v) is 1.60. The summed E-state index contributed by atoms with van der Waals surface area (Å²) in [5.74, 6) is 0.000845. The van der Waals surface area contributed by atoms with Crippen molar-refractivity contribution in [1.29, 1.82) is 0 Å². The number of anilines is 1. The van der Waals surface area contributed by atoms with Crippen LogP contribution in [-0.4, -0.2) is 13.7 Å². The topological polar surface area (TPSA) is 21.3 Å². The molecule has 1 aromatic carbocycles. The van der Waals surface area contributed by atoms with Gasteiger partial charge in [-0.1, -0.05) is 31.6 Å². The molecule has 0 atom stereocenters. The van der Waals surface area contributed by atoms with Gasteiger partial charge < -0.3 is 10.1 Å². The van der Waals surface area contributed by atoms with Crippen LogP contribution in [0.5, 0.6) is 5.75 Å². The number of unbranched alkanes of at least 4 members (excludes halogenated alkanes) is 2. The molecule has 2 nitrogen and oxygen atoms in total. The summed E-state index contributed by atoms with van der Waals surface area (Å²) in [4.78, 5) is 0. The third-order valence-corrected chi connectivity index (χ3v) is 2.63. The predicted octanol–water partition coefficient (Wildman–Crippen LogP) is 4.38. The molecule has 0 amide bonds. The van der Waals surface area contributed by atoms with Crippen LogP contribution in [-0.2, 0) is 0 Å². The summed E-state index contributed by atoms with van der Waals surface area (Å²) < 4.78 is 19.2. The van der Waals surface area contributed by atoms with E-state index >= 15 is 0 Å². The summed E-state index contributed by atoms with van der Waals surface area (Å²) >= 11 is 0. The number of halogens is 1. The summed E-state index contributed by atoms with van der Waals surface area (Å²) in [5.41, 5.74) is 0.468. The highest BCUT2D eigenvalue weighted by Gasteiger charge is 2.06. The minimum atomic E-state index is -0.318. The van der Waals surface area contributed by atoms with E-state index in [1.807, 2.05) is 0 Å². The van der Waals surface area contributed by atoms with Crippen molar-refractivity contribution in [2.45, 2.75) is 32.6 Å². The first-order chi connectivity index (χ1) is 8.79. The van der Waals surface area contributed by atoms with Crippen LogP contribution in [0.25, 0.3) is 0 Å². The molecule has 0 unspecified atom stereocenters. The molecule has 0 bridgehead atoms. The lowest BCUT2D eigenvalue weighted by molar-refractivity contribution is 0.297. The maximum Gasteiger partial charge on any atom is 0.188 e. The highest BCUT2D eigenvalue weighted by molar-refractivity contribution is 5.49. The standard InChI is InChI=1S/C15H22FNO/c1-3-4-5-6-7-8-12-18-14-11-9-10-13(17-2)15(14)16/h5-6,9-11,17H,3-4,7-8,12H2,1-2H3/b6-5+. The van der Waals surface area contributed by atoms with Crippen molar-refractivity contribution >= 4 is 5.69 Å². The van der Waals surface area contributed by atoms with Crippen molar-refractivity contribution in [2.75, 3.05) is 19.0 Å². The number of benzene rings is 1. The lowest BCUT2D eigenvalue weighted by atomic mass is 10.2. The van der Waals surface area contributed by atoms with Crippen LogP contribution in [0.2, 0.25) is 0 Å². The van der Waals surface area contributed by atoms with Gasteiger partial charge in [0.2, 0.25) is 0 Å². The number of rotatable bonds is 8. The second-order valence-electron chi connectivity index (χ2n) is 4.12. The van der Waals surface area contributed by atoms with E-state index in [0.717, 1.165) is 19.3 Å². The van der Waals surface area contributed by atoms with Crippen LogP contribution in [0, 0.1) is 5.82 Å². The zero-order chi connectivity index (χ0) is 13.2. The Morgan fingerprint density at radius 1 is 1.28 bits per heavy atom. The number of nitrogens with one attached hydrogen (secondary N) is 1. The summed E-state index contributed by atoms with van der Waals surface area (Å²) in [6.07, 6.45) is 8.53. The van der Waals surface area contributed by atoms with Crippen LogP contribution in [0.1, 0.15) is 32.6 Å². The first-order valence-corrected chi connectivity index (χ1v) is 6.53. The number of ether oxygens (including phenoxy) is 1. The smallest absolute Gasteiger partial charge is 0.188 e. The Labute approximate surface area is 109 Å². The molecule has 0 aromatic heterocycles. The van der Waals surface area contributed by atoms with Gasteiger partial charge in [-0.05, 0) is 31.4 Å². The third kappa shape index (κ3) is 4.78. The predicted molar refractivity (Wildman–Crippen MR) is 74.7 cm³/mol. The van der Waals surface area contributed by atoms with Crippen molar-refractivity contribution < 1.29 is 9.13 Å². The van der Waals surface area contributed by atoms with E-state index in [-0.39, 0.29) is 5.82 Å². The zero-order valence-corrected chi connectivity index (χ0v) is 11.2. The van der Waals surface area contributed by atoms with Gasteiger partial charge in [-0.2, -0.15) is 0 Å². The molecule has 0 fully saturated rings. The highest BCUT2D eigenvalue weighted by atomic mass is 19.1. The van der Waals surface area contributed by atoms with Gasteiger partial charge >= 0.3 is 0 Å². The summed E-state index contributed by atoms with van der Waals surface area (Å²) in [6, 6.07) is 5.13. The van der Waals surface area contributed by atoms with E-state index in [2.05, 4.69) is 24.4 Å². The van der Waals surface area contributed by atoms with Crippen molar-refractivity contribution in [3.8, 4) is 5.75 Å². The zero-order valence-electron chi connectivity index (χ0n) is 11.2. The van der Waals surface area contributed by atoms with E-state index in [1.54, 1.807) is 25.2 Å². The van der Waals surface area contributed by atoms with Crippen molar-refractivity contribution in [2.24, 2.45) is 0 Å². The average molecular weight is 251 g/mol. The van der Waals surface area contributed by atoms with Gasteiger partial charge in [0.05, 0.1) is 12.3 Å². The molecule has 0 saturated heterocycles. The second-order valence-corrected chi connectivity index (χ2v) is 4.12. The lowest BCUT2D eigenvalue weighted by Gasteiger charge is -2.09. The Morgan fingerprint density at radius 3 is 2.78 bits per heavy atom. The fraction of sp³-hybridized carbons (Fsp3) is 0.467. The monoisotopic (exact) mass is 251 g/mol. The minimum absolute atomic E-state index is 0.318. The SMILES string of the molecule is CCC/C=C/CCCOc1cccc(NC)c1F. The minimum Gasteiger partial charge on any atom is -0.490 e. The first kappa shape index (κ1) is 14.6. The summed E-state index contributed by atoms with van der Waals surface area (Å²) in [5, 5.41) is 2.79. The Kier molecular flexibility index (Phi) is 6.92. The van der Waals surface area contributed by atoms with Gasteiger partial charge in [-0.3, -0.25) is 0 Å². The molecule has 18 heavy (non-hydrogen) atoms. The molecule has 0 heterocycles. The number of hydrogen-bond donors (Lipinski definition) is 1. The molecule has 100 valence electrons. The molecule has 0 aliphatic rings. The maximum absolute atomic E-state index is 13.7. The Balaban J connectivity index is 2.31. The average Bonchev–Trinajstić information content (AvgIpc) is 2.39. The molecule has 1 aromatic rings. The van der Waals surface area contributed by atoms with E-state index in [9.17, 15) is 4.39 Å². The molecule has 0 saturated carbocycles. The lowest BCUT2D eigenvalue weighted by Crippen LogP contribution is -2.01. The van der Waals surface area contributed by atoms with Crippen LogP contribution >= 0.6 is 0 Å². The van der Waals surface area contributed by atoms with E-state index < -0.39 is 0 Å². The Morgan fingerprint density at radius 2 is 2.06 bits per heavy atom. The highest BCUT2D eigenvalue weighted by Crippen LogP contribution is 2.24. The van der Waals surface area contributed by atoms with E-state index in [1.165, 1.54) is 6.42 Å².